The zero-order valence-corrected chi connectivity index (χ0v) is 9.75. The summed E-state index contributed by atoms with van der Waals surface area (Å²) in [4.78, 5) is 8.90. The molecule has 7 heteroatoms. The molecule has 0 rings (SSSR count). The van der Waals surface area contributed by atoms with Crippen LogP contribution in [0.15, 0.2) is 12.2 Å². The monoisotopic (exact) mass is 252 g/mol. The van der Waals surface area contributed by atoms with Crippen molar-refractivity contribution in [3.63, 3.8) is 0 Å². The van der Waals surface area contributed by atoms with E-state index in [-0.39, 0.29) is 0 Å². The molecule has 0 aliphatic carbocycles. The first-order valence-corrected chi connectivity index (χ1v) is 4.70. The highest BCUT2D eigenvalue weighted by Crippen LogP contribution is 2.13. The van der Waals surface area contributed by atoms with Crippen LogP contribution in [0.4, 0.5) is 13.2 Å². The average Bonchev–Trinajstić information content (AvgIpc) is 2.18. The van der Waals surface area contributed by atoms with Gasteiger partial charge in [-0.25, -0.2) is 4.79 Å². The van der Waals surface area contributed by atoms with Crippen molar-refractivity contribution in [1.82, 2.24) is 5.32 Å². The van der Waals surface area contributed by atoms with E-state index >= 15 is 0 Å². The Bertz CT molecular complexity index is 293. The zero-order chi connectivity index (χ0) is 14.1. The number of nitriles is 1. The second-order valence-electron chi connectivity index (χ2n) is 3.35. The van der Waals surface area contributed by atoms with Crippen molar-refractivity contribution in [1.29, 1.82) is 5.26 Å². The third kappa shape index (κ3) is 10.7. The molecule has 0 aliphatic heterocycles. The molecule has 0 saturated carbocycles. The first kappa shape index (κ1) is 17.8. The van der Waals surface area contributed by atoms with E-state index in [1.54, 1.807) is 0 Å². The summed E-state index contributed by atoms with van der Waals surface area (Å²) in [6.07, 6.45) is -1.69. The number of carboxylic acid groups (broad SMARTS) is 1. The van der Waals surface area contributed by atoms with Crippen LogP contribution in [-0.4, -0.2) is 30.3 Å². The number of rotatable bonds is 3. The van der Waals surface area contributed by atoms with Gasteiger partial charge < -0.3 is 10.4 Å². The molecule has 0 spiro atoms. The van der Waals surface area contributed by atoms with Gasteiger partial charge in [0.1, 0.15) is 0 Å². The summed E-state index contributed by atoms with van der Waals surface area (Å²) in [5.74, 6) is -2.22. The first-order valence-electron chi connectivity index (χ1n) is 4.70. The van der Waals surface area contributed by atoms with E-state index in [9.17, 15) is 13.2 Å². The second-order valence-corrected chi connectivity index (χ2v) is 3.35. The molecular weight excluding hydrogens is 237 g/mol. The SMILES string of the molecule is CN[C@H](C=CC#N)C(C)C.O=C(O)C(F)(F)F. The van der Waals surface area contributed by atoms with Gasteiger partial charge in [-0.2, -0.15) is 18.4 Å². The van der Waals surface area contributed by atoms with Crippen LogP contribution < -0.4 is 5.32 Å². The van der Waals surface area contributed by atoms with E-state index in [1.807, 2.05) is 19.2 Å². The molecule has 0 amide bonds. The number of halogens is 3. The van der Waals surface area contributed by atoms with Crippen molar-refractivity contribution in [2.45, 2.75) is 26.1 Å². The maximum atomic E-state index is 10.6. The molecule has 4 nitrogen and oxygen atoms in total. The quantitative estimate of drug-likeness (QED) is 0.753. The summed E-state index contributed by atoms with van der Waals surface area (Å²) in [6, 6.07) is 2.29. The highest BCUT2D eigenvalue weighted by molar-refractivity contribution is 5.73. The molecular formula is C10H15F3N2O2. The van der Waals surface area contributed by atoms with Crippen molar-refractivity contribution < 1.29 is 23.1 Å². The number of allylic oxidation sites excluding steroid dienone is 1. The maximum absolute atomic E-state index is 10.6. The van der Waals surface area contributed by atoms with Crippen LogP contribution in [-0.2, 0) is 4.79 Å². The molecule has 0 radical (unpaired) electrons. The van der Waals surface area contributed by atoms with Gasteiger partial charge in [0, 0.05) is 12.1 Å². The fraction of sp³-hybridized carbons (Fsp3) is 0.600. The highest BCUT2D eigenvalue weighted by Gasteiger charge is 2.38. The van der Waals surface area contributed by atoms with Crippen molar-refractivity contribution >= 4 is 5.97 Å². The molecule has 17 heavy (non-hydrogen) atoms. The van der Waals surface area contributed by atoms with Gasteiger partial charge >= 0.3 is 12.1 Å². The van der Waals surface area contributed by atoms with Gasteiger partial charge in [0.05, 0.1) is 6.07 Å². The average molecular weight is 252 g/mol. The zero-order valence-electron chi connectivity index (χ0n) is 9.75. The van der Waals surface area contributed by atoms with Crippen LogP contribution in [0, 0.1) is 17.2 Å². The number of aliphatic carboxylic acids is 1. The standard InChI is InChI=1S/C8H14N2.C2HF3O2/c1-7(2)8(10-3)5-4-6-9;3-2(4,5)1(6)7/h4-5,7-8,10H,1-3H3;(H,6,7)/t8-;/m1./s1. The summed E-state index contributed by atoms with van der Waals surface area (Å²) in [6.45, 7) is 4.23. The molecule has 0 unspecified atom stereocenters. The van der Waals surface area contributed by atoms with Crippen LogP contribution >= 0.6 is 0 Å². The molecule has 0 aromatic rings. The lowest BCUT2D eigenvalue weighted by atomic mass is 10.0. The number of carboxylic acids is 1. The summed E-state index contributed by atoms with van der Waals surface area (Å²) in [7, 11) is 1.90. The number of nitrogens with zero attached hydrogens (tertiary/aromatic N) is 1. The van der Waals surface area contributed by atoms with Gasteiger partial charge in [-0.15, -0.1) is 0 Å². The Labute approximate surface area is 97.7 Å². The van der Waals surface area contributed by atoms with Crippen molar-refractivity contribution in [2.24, 2.45) is 5.92 Å². The van der Waals surface area contributed by atoms with E-state index < -0.39 is 12.1 Å². The lowest BCUT2D eigenvalue weighted by Gasteiger charge is -2.14. The van der Waals surface area contributed by atoms with Crippen molar-refractivity contribution in [3.05, 3.63) is 12.2 Å². The predicted molar refractivity (Wildman–Crippen MR) is 56.1 cm³/mol. The Kier molecular flexibility index (Phi) is 9.01. The van der Waals surface area contributed by atoms with Crippen LogP contribution in [0.25, 0.3) is 0 Å². The van der Waals surface area contributed by atoms with Crippen LogP contribution in [0.2, 0.25) is 0 Å². The normalized spacial score (nSPS) is 12.8. The molecule has 0 bridgehead atoms. The topological polar surface area (TPSA) is 73.1 Å². The van der Waals surface area contributed by atoms with Gasteiger partial charge in [-0.05, 0) is 13.0 Å². The lowest BCUT2D eigenvalue weighted by Crippen LogP contribution is -2.28. The molecule has 0 saturated heterocycles. The number of hydrogen-bond donors (Lipinski definition) is 2. The molecule has 0 aromatic carbocycles. The Morgan fingerprint density at radius 3 is 2.06 bits per heavy atom. The number of alkyl halides is 3. The Morgan fingerprint density at radius 1 is 1.47 bits per heavy atom. The number of nitrogens with one attached hydrogen (secondary N) is 1. The van der Waals surface area contributed by atoms with Crippen molar-refractivity contribution in [2.75, 3.05) is 7.05 Å². The Hall–Kier alpha value is -1.55. The minimum Gasteiger partial charge on any atom is -0.475 e. The Morgan fingerprint density at radius 2 is 1.88 bits per heavy atom. The molecule has 2 N–H and O–H groups in total. The highest BCUT2D eigenvalue weighted by atomic mass is 19.4. The van der Waals surface area contributed by atoms with Crippen LogP contribution in [0.5, 0.6) is 0 Å². The minimum atomic E-state index is -5.08. The Balaban J connectivity index is 0. The fourth-order valence-electron chi connectivity index (χ4n) is 0.798. The van der Waals surface area contributed by atoms with Gasteiger partial charge in [0.25, 0.3) is 0 Å². The molecule has 0 aliphatic rings. The molecule has 1 atom stereocenters. The van der Waals surface area contributed by atoms with Crippen molar-refractivity contribution in [3.8, 4) is 6.07 Å². The van der Waals surface area contributed by atoms with E-state index in [1.165, 1.54) is 6.08 Å². The van der Waals surface area contributed by atoms with Gasteiger partial charge in [0.15, 0.2) is 0 Å². The molecule has 98 valence electrons. The van der Waals surface area contributed by atoms with Gasteiger partial charge in [-0.1, -0.05) is 19.9 Å². The summed E-state index contributed by atoms with van der Waals surface area (Å²) in [5, 5.41) is 18.5. The summed E-state index contributed by atoms with van der Waals surface area (Å²) < 4.78 is 31.7. The number of likely N-dealkylation sites (N-methyl/N-ethyl adjacent to an activating group) is 1. The fourth-order valence-corrected chi connectivity index (χ4v) is 0.798. The van der Waals surface area contributed by atoms with Crippen LogP contribution in [0.3, 0.4) is 0 Å². The molecule has 0 heterocycles. The maximum Gasteiger partial charge on any atom is 0.490 e. The minimum absolute atomic E-state index is 0.319. The smallest absolute Gasteiger partial charge is 0.475 e. The first-order chi connectivity index (χ1) is 7.66. The third-order valence-corrected chi connectivity index (χ3v) is 1.67. The van der Waals surface area contributed by atoms with E-state index in [0.29, 0.717) is 12.0 Å². The van der Waals surface area contributed by atoms with E-state index in [4.69, 9.17) is 15.2 Å². The van der Waals surface area contributed by atoms with Gasteiger partial charge in [-0.3, -0.25) is 0 Å². The van der Waals surface area contributed by atoms with E-state index in [0.717, 1.165) is 0 Å². The molecule has 0 fully saturated rings. The predicted octanol–water partition coefficient (Wildman–Crippen LogP) is 1.94. The van der Waals surface area contributed by atoms with Gasteiger partial charge in [0.2, 0.25) is 0 Å². The number of carbonyl (C=O) groups is 1. The number of hydrogen-bond acceptors (Lipinski definition) is 3. The van der Waals surface area contributed by atoms with E-state index in [2.05, 4.69) is 19.2 Å². The third-order valence-electron chi connectivity index (χ3n) is 1.67. The summed E-state index contributed by atoms with van der Waals surface area (Å²) in [5.41, 5.74) is 0. The lowest BCUT2D eigenvalue weighted by molar-refractivity contribution is -0.192. The van der Waals surface area contributed by atoms with Crippen LogP contribution in [0.1, 0.15) is 13.8 Å². The molecule has 0 aromatic heterocycles. The second kappa shape index (κ2) is 8.58. The largest absolute Gasteiger partial charge is 0.490 e. The summed E-state index contributed by atoms with van der Waals surface area (Å²) >= 11 is 0.